The summed E-state index contributed by atoms with van der Waals surface area (Å²) in [4.78, 5) is 37.9. The van der Waals surface area contributed by atoms with Crippen LogP contribution >= 0.6 is 7.82 Å². The highest BCUT2D eigenvalue weighted by Gasteiger charge is 2.22. The van der Waals surface area contributed by atoms with Gasteiger partial charge in [-0.1, -0.05) is 262 Å². The SMILES string of the molecule is CC/C=C\C/C=C\C/C=C\C/C=C\CCCCCCCCCCC(=O)OC(COC(=O)CCCCCCCCCCCCCCCCCCCCCCCCCCCC)COP(=O)([O-])OCC[N+](C)(C)C. The van der Waals surface area contributed by atoms with Gasteiger partial charge in [0.25, 0.3) is 7.82 Å². The summed E-state index contributed by atoms with van der Waals surface area (Å²) in [5, 5.41) is 0. The Morgan fingerprint density at radius 2 is 0.803 bits per heavy atom. The zero-order chi connectivity index (χ0) is 52.0. The highest BCUT2D eigenvalue weighted by atomic mass is 31.2. The molecular weight excluding hydrogens is 906 g/mol. The third-order valence-corrected chi connectivity index (χ3v) is 14.1. The third-order valence-electron chi connectivity index (χ3n) is 13.1. The number of carbonyl (C=O) groups is 2. The van der Waals surface area contributed by atoms with Gasteiger partial charge >= 0.3 is 11.9 Å². The van der Waals surface area contributed by atoms with Crippen molar-refractivity contribution in [3.63, 3.8) is 0 Å². The maximum absolute atomic E-state index is 12.8. The Balaban J connectivity index is 4.12. The van der Waals surface area contributed by atoms with Gasteiger partial charge in [0.1, 0.15) is 19.8 Å². The highest BCUT2D eigenvalue weighted by Crippen LogP contribution is 2.38. The van der Waals surface area contributed by atoms with E-state index in [1.54, 1.807) is 0 Å². The van der Waals surface area contributed by atoms with Crippen molar-refractivity contribution in [3.8, 4) is 0 Å². The lowest BCUT2D eigenvalue weighted by Gasteiger charge is -2.28. The summed E-state index contributed by atoms with van der Waals surface area (Å²) in [6, 6.07) is 0. The molecule has 0 aromatic heterocycles. The maximum atomic E-state index is 12.8. The van der Waals surface area contributed by atoms with Crippen LogP contribution in [-0.2, 0) is 32.7 Å². The zero-order valence-corrected chi connectivity index (χ0v) is 48.1. The molecule has 0 aliphatic rings. The fourth-order valence-corrected chi connectivity index (χ4v) is 9.26. The van der Waals surface area contributed by atoms with Gasteiger partial charge in [-0.2, -0.15) is 0 Å². The monoisotopic (exact) mass is 1020 g/mol. The molecule has 0 radical (unpaired) electrons. The lowest BCUT2D eigenvalue weighted by Crippen LogP contribution is -2.37. The molecule has 10 heteroatoms. The topological polar surface area (TPSA) is 111 Å². The number of allylic oxidation sites excluding steroid dienone is 8. The zero-order valence-electron chi connectivity index (χ0n) is 47.2. The average Bonchev–Trinajstić information content (AvgIpc) is 3.33. The van der Waals surface area contributed by atoms with E-state index in [0.29, 0.717) is 17.4 Å². The van der Waals surface area contributed by atoms with E-state index in [9.17, 15) is 19.0 Å². The molecule has 2 unspecified atom stereocenters. The minimum atomic E-state index is -4.64. The lowest BCUT2D eigenvalue weighted by atomic mass is 10.0. The summed E-state index contributed by atoms with van der Waals surface area (Å²) in [6.45, 7) is 4.16. The van der Waals surface area contributed by atoms with E-state index in [1.165, 1.54) is 173 Å². The fourth-order valence-electron chi connectivity index (χ4n) is 8.53. The van der Waals surface area contributed by atoms with Crippen LogP contribution in [-0.4, -0.2) is 70.0 Å². The number of unbranched alkanes of at least 4 members (excludes halogenated alkanes) is 33. The number of hydrogen-bond acceptors (Lipinski definition) is 8. The normalized spacial score (nSPS) is 13.6. The molecule has 0 saturated carbocycles. The maximum Gasteiger partial charge on any atom is 0.306 e. The molecule has 0 bridgehead atoms. The van der Waals surface area contributed by atoms with Gasteiger partial charge in [0.2, 0.25) is 0 Å². The van der Waals surface area contributed by atoms with Crippen molar-refractivity contribution in [2.45, 2.75) is 283 Å². The second kappa shape index (κ2) is 52.8. The van der Waals surface area contributed by atoms with E-state index < -0.39 is 26.5 Å². The predicted octanol–water partition coefficient (Wildman–Crippen LogP) is 17.9. The van der Waals surface area contributed by atoms with Crippen LogP contribution in [0.25, 0.3) is 0 Å². The number of nitrogens with zero attached hydrogens (tertiary/aromatic N) is 1. The van der Waals surface area contributed by atoms with Crippen molar-refractivity contribution in [1.29, 1.82) is 0 Å². The molecule has 9 nitrogen and oxygen atoms in total. The molecule has 71 heavy (non-hydrogen) atoms. The molecule has 0 aromatic rings. The van der Waals surface area contributed by atoms with Gasteiger partial charge in [0.15, 0.2) is 6.10 Å². The van der Waals surface area contributed by atoms with Crippen molar-refractivity contribution < 1.29 is 42.1 Å². The number of likely N-dealkylation sites (N-methyl/N-ethyl adjacent to an activating group) is 1. The molecular formula is C61H114NO8P. The number of hydrogen-bond donors (Lipinski definition) is 0. The van der Waals surface area contributed by atoms with Crippen molar-refractivity contribution in [2.75, 3.05) is 47.5 Å². The van der Waals surface area contributed by atoms with Gasteiger partial charge in [0, 0.05) is 12.8 Å². The van der Waals surface area contributed by atoms with Gasteiger partial charge in [-0.25, -0.2) is 0 Å². The highest BCUT2D eigenvalue weighted by molar-refractivity contribution is 7.45. The van der Waals surface area contributed by atoms with Crippen molar-refractivity contribution in [1.82, 2.24) is 0 Å². The molecule has 0 heterocycles. The minimum Gasteiger partial charge on any atom is -0.756 e. The molecule has 2 atom stereocenters. The first-order chi connectivity index (χ1) is 34.5. The van der Waals surface area contributed by atoms with E-state index in [4.69, 9.17) is 18.5 Å². The summed E-state index contributed by atoms with van der Waals surface area (Å²) in [6.07, 6.45) is 65.9. The Kier molecular flexibility index (Phi) is 51.3. The van der Waals surface area contributed by atoms with Crippen LogP contribution in [0.2, 0.25) is 0 Å². The first-order valence-electron chi connectivity index (χ1n) is 29.8. The van der Waals surface area contributed by atoms with Crippen molar-refractivity contribution in [2.24, 2.45) is 0 Å². The number of ether oxygens (including phenoxy) is 2. The Morgan fingerprint density at radius 3 is 1.20 bits per heavy atom. The number of carbonyl (C=O) groups excluding carboxylic acids is 2. The molecule has 0 N–H and O–H groups in total. The van der Waals surface area contributed by atoms with Gasteiger partial charge in [-0.15, -0.1) is 0 Å². The Labute approximate surface area is 439 Å². The van der Waals surface area contributed by atoms with Gasteiger partial charge < -0.3 is 27.9 Å². The van der Waals surface area contributed by atoms with E-state index in [-0.39, 0.29) is 32.0 Å². The van der Waals surface area contributed by atoms with Crippen LogP contribution in [0.3, 0.4) is 0 Å². The molecule has 0 amide bonds. The summed E-state index contributed by atoms with van der Waals surface area (Å²) in [5.41, 5.74) is 0. The average molecular weight is 1020 g/mol. The van der Waals surface area contributed by atoms with Gasteiger partial charge in [-0.3, -0.25) is 14.2 Å². The fraction of sp³-hybridized carbons (Fsp3) is 0.836. The van der Waals surface area contributed by atoms with Crippen LogP contribution in [0.4, 0.5) is 0 Å². The van der Waals surface area contributed by atoms with Crippen LogP contribution in [0.1, 0.15) is 277 Å². The number of rotatable bonds is 55. The Bertz CT molecular complexity index is 1340. The lowest BCUT2D eigenvalue weighted by molar-refractivity contribution is -0.870. The van der Waals surface area contributed by atoms with E-state index in [1.807, 2.05) is 21.1 Å². The van der Waals surface area contributed by atoms with Gasteiger partial charge in [0.05, 0.1) is 27.7 Å². The summed E-state index contributed by atoms with van der Waals surface area (Å²) >= 11 is 0. The third kappa shape index (κ3) is 57.1. The van der Waals surface area contributed by atoms with Crippen molar-refractivity contribution in [3.05, 3.63) is 48.6 Å². The first-order valence-corrected chi connectivity index (χ1v) is 31.3. The van der Waals surface area contributed by atoms with E-state index in [0.717, 1.165) is 70.6 Å². The second-order valence-corrected chi connectivity index (χ2v) is 22.8. The molecule has 0 aromatic carbocycles. The molecule has 0 fully saturated rings. The van der Waals surface area contributed by atoms with Crippen LogP contribution < -0.4 is 4.89 Å². The Hall–Kier alpha value is -2.03. The molecule has 0 saturated heterocycles. The Morgan fingerprint density at radius 1 is 0.451 bits per heavy atom. The largest absolute Gasteiger partial charge is 0.756 e. The molecule has 0 aliphatic carbocycles. The smallest absolute Gasteiger partial charge is 0.306 e. The van der Waals surface area contributed by atoms with Gasteiger partial charge in [-0.05, 0) is 51.4 Å². The standard InChI is InChI=1S/C61H114NO8P/c1-6-8-10-12-14-16-18-20-22-24-26-28-29-30-31-32-34-35-37-39-41-43-45-47-49-51-53-60(63)67-57-59(58-69-71(65,66)68-56-55-62(3,4)5)70-61(64)54-52-50-48-46-44-42-40-38-36-33-27-25-23-21-19-17-15-13-11-9-7-2/h9,11,15,17,21,23,27,33,59H,6-8,10,12-14,16,18-20,22,24-26,28-32,34-58H2,1-5H3/b11-9-,17-15-,23-21-,33-27-. The van der Waals surface area contributed by atoms with E-state index >= 15 is 0 Å². The number of esters is 2. The summed E-state index contributed by atoms with van der Waals surface area (Å²) in [5.74, 6) is -0.831. The molecule has 0 spiro atoms. The molecule has 0 aliphatic heterocycles. The minimum absolute atomic E-state index is 0.0324. The van der Waals surface area contributed by atoms with Crippen molar-refractivity contribution >= 4 is 19.8 Å². The molecule has 416 valence electrons. The summed E-state index contributed by atoms with van der Waals surface area (Å²) in [7, 11) is 1.17. The summed E-state index contributed by atoms with van der Waals surface area (Å²) < 4.78 is 34.2. The first kappa shape index (κ1) is 69.0. The molecule has 0 rings (SSSR count). The number of phosphoric ester groups is 1. The van der Waals surface area contributed by atoms with Crippen LogP contribution in [0, 0.1) is 0 Å². The number of phosphoric acid groups is 1. The second-order valence-electron chi connectivity index (χ2n) is 21.3. The van der Waals surface area contributed by atoms with Crippen LogP contribution in [0.5, 0.6) is 0 Å². The van der Waals surface area contributed by atoms with Crippen LogP contribution in [0.15, 0.2) is 48.6 Å². The number of quaternary nitrogens is 1. The van der Waals surface area contributed by atoms with E-state index in [2.05, 4.69) is 62.5 Å². The quantitative estimate of drug-likeness (QED) is 0.0195. The predicted molar refractivity (Wildman–Crippen MR) is 300 cm³/mol.